The zero-order valence-electron chi connectivity index (χ0n) is 13.6. The number of rotatable bonds is 4. The molecule has 2 heteroatoms. The molecule has 4 atom stereocenters. The molecule has 0 N–H and O–H groups in total. The van der Waals surface area contributed by atoms with E-state index in [9.17, 15) is 9.59 Å². The molecule has 1 aliphatic carbocycles. The summed E-state index contributed by atoms with van der Waals surface area (Å²) in [5.74, 6) is 0.517. The maximum absolute atomic E-state index is 12.9. The van der Waals surface area contributed by atoms with E-state index in [0.717, 1.165) is 17.5 Å². The van der Waals surface area contributed by atoms with Crippen molar-refractivity contribution in [3.63, 3.8) is 0 Å². The molecule has 0 radical (unpaired) electrons. The normalized spacial score (nSPS) is 26.9. The summed E-state index contributed by atoms with van der Waals surface area (Å²) in [4.78, 5) is 25.7. The van der Waals surface area contributed by atoms with Gasteiger partial charge in [-0.3, -0.25) is 9.59 Å². The molecule has 0 bridgehead atoms. The van der Waals surface area contributed by atoms with E-state index in [0.29, 0.717) is 0 Å². The van der Waals surface area contributed by atoms with Crippen molar-refractivity contribution in [1.82, 2.24) is 0 Å². The second-order valence-electron chi connectivity index (χ2n) is 6.66. The van der Waals surface area contributed by atoms with Gasteiger partial charge in [-0.05, 0) is 18.3 Å². The average molecular weight is 306 g/mol. The average Bonchev–Trinajstić information content (AvgIpc) is 2.89. The van der Waals surface area contributed by atoms with Crippen molar-refractivity contribution in [3.8, 4) is 0 Å². The maximum atomic E-state index is 12.9. The molecule has 0 aromatic heterocycles. The molecule has 1 aliphatic rings. The Morgan fingerprint density at radius 2 is 1.26 bits per heavy atom. The van der Waals surface area contributed by atoms with Gasteiger partial charge in [0.25, 0.3) is 0 Å². The molecule has 0 heterocycles. The second-order valence-corrected chi connectivity index (χ2v) is 6.66. The molecular formula is C21H22O2. The molecular weight excluding hydrogens is 284 g/mol. The van der Waals surface area contributed by atoms with Gasteiger partial charge in [0.2, 0.25) is 0 Å². The van der Waals surface area contributed by atoms with Crippen molar-refractivity contribution in [2.75, 3.05) is 0 Å². The van der Waals surface area contributed by atoms with Crippen molar-refractivity contribution in [1.29, 1.82) is 0 Å². The Kier molecular flexibility index (Phi) is 4.42. The topological polar surface area (TPSA) is 34.1 Å². The number of benzene rings is 2. The highest BCUT2D eigenvalue weighted by atomic mass is 16.1. The molecule has 2 aromatic carbocycles. The van der Waals surface area contributed by atoms with Crippen molar-refractivity contribution in [3.05, 3.63) is 71.8 Å². The number of carbonyl (C=O) groups is 2. The van der Waals surface area contributed by atoms with Gasteiger partial charge >= 0.3 is 0 Å². The van der Waals surface area contributed by atoms with Crippen LogP contribution in [0.1, 0.15) is 41.0 Å². The molecule has 118 valence electrons. The molecule has 23 heavy (non-hydrogen) atoms. The Hall–Kier alpha value is -2.22. The standard InChI is InChI=1S/C21H22O2/c1-14-13-18(20(22)16-9-5-3-6-10-16)15(2)19(14)21(23)17-11-7-4-8-12-17/h3-12,14-15,18-19H,13H2,1-2H3/t14-,15+,18-,19-/m1/s1. The number of carbonyl (C=O) groups excluding carboxylic acids is 2. The highest BCUT2D eigenvalue weighted by Gasteiger charge is 2.45. The minimum atomic E-state index is -0.0740. The minimum absolute atomic E-state index is 0.0648. The van der Waals surface area contributed by atoms with Crippen molar-refractivity contribution in [2.24, 2.45) is 23.7 Å². The number of ketones is 2. The molecule has 0 saturated heterocycles. The predicted octanol–water partition coefficient (Wildman–Crippen LogP) is 4.66. The van der Waals surface area contributed by atoms with Crippen LogP contribution in [0.5, 0.6) is 0 Å². The first-order valence-electron chi connectivity index (χ1n) is 8.28. The quantitative estimate of drug-likeness (QED) is 0.770. The third-order valence-electron chi connectivity index (χ3n) is 5.20. The van der Waals surface area contributed by atoms with Crippen LogP contribution in [0.3, 0.4) is 0 Å². The summed E-state index contributed by atoms with van der Waals surface area (Å²) in [6.45, 7) is 4.15. The third-order valence-corrected chi connectivity index (χ3v) is 5.20. The summed E-state index contributed by atoms with van der Waals surface area (Å²) in [5.41, 5.74) is 1.51. The first-order chi connectivity index (χ1) is 11.1. The zero-order chi connectivity index (χ0) is 16.4. The van der Waals surface area contributed by atoms with E-state index < -0.39 is 0 Å². The van der Waals surface area contributed by atoms with Crippen molar-refractivity contribution < 1.29 is 9.59 Å². The summed E-state index contributed by atoms with van der Waals surface area (Å²) in [7, 11) is 0. The van der Waals surface area contributed by atoms with Gasteiger partial charge in [-0.25, -0.2) is 0 Å². The lowest BCUT2D eigenvalue weighted by molar-refractivity contribution is 0.0830. The Labute approximate surface area is 137 Å². The van der Waals surface area contributed by atoms with E-state index in [2.05, 4.69) is 13.8 Å². The van der Waals surface area contributed by atoms with E-state index in [1.807, 2.05) is 60.7 Å². The SMILES string of the molecule is C[C@@H]1[C@H](C(=O)c2ccccc2)[C@H](C)C[C@H]1C(=O)c1ccccc1. The van der Waals surface area contributed by atoms with Crippen LogP contribution >= 0.6 is 0 Å². The number of Topliss-reactive ketones (excluding diaryl/α,β-unsaturated/α-hetero) is 2. The lowest BCUT2D eigenvalue weighted by Crippen LogP contribution is -2.26. The molecule has 2 aromatic rings. The largest absolute Gasteiger partial charge is 0.294 e. The highest BCUT2D eigenvalue weighted by molar-refractivity contribution is 6.01. The van der Waals surface area contributed by atoms with Crippen LogP contribution < -0.4 is 0 Å². The summed E-state index contributed by atoms with van der Waals surface area (Å²) in [6.07, 6.45) is 0.790. The predicted molar refractivity (Wildman–Crippen MR) is 91.5 cm³/mol. The van der Waals surface area contributed by atoms with Crippen LogP contribution in [0, 0.1) is 23.7 Å². The third kappa shape index (κ3) is 2.98. The lowest BCUT2D eigenvalue weighted by Gasteiger charge is -2.20. The summed E-state index contributed by atoms with van der Waals surface area (Å²) in [6, 6.07) is 18.9. The Morgan fingerprint density at radius 3 is 1.78 bits per heavy atom. The molecule has 0 spiro atoms. The maximum Gasteiger partial charge on any atom is 0.166 e. The first kappa shape index (κ1) is 15.7. The van der Waals surface area contributed by atoms with E-state index in [4.69, 9.17) is 0 Å². The van der Waals surface area contributed by atoms with Crippen LogP contribution in [0.25, 0.3) is 0 Å². The van der Waals surface area contributed by atoms with Crippen LogP contribution in [0.4, 0.5) is 0 Å². The molecule has 0 aliphatic heterocycles. The van der Waals surface area contributed by atoms with Crippen LogP contribution in [0.15, 0.2) is 60.7 Å². The lowest BCUT2D eigenvalue weighted by atomic mass is 9.81. The fourth-order valence-electron chi connectivity index (χ4n) is 3.98. The van der Waals surface area contributed by atoms with E-state index in [1.54, 1.807) is 0 Å². The van der Waals surface area contributed by atoms with Crippen molar-refractivity contribution in [2.45, 2.75) is 20.3 Å². The van der Waals surface area contributed by atoms with Gasteiger partial charge in [-0.15, -0.1) is 0 Å². The van der Waals surface area contributed by atoms with Gasteiger partial charge in [0, 0.05) is 23.0 Å². The van der Waals surface area contributed by atoms with Crippen LogP contribution in [-0.2, 0) is 0 Å². The Bertz CT molecular complexity index is 690. The second kappa shape index (κ2) is 6.49. The summed E-state index contributed by atoms with van der Waals surface area (Å²) >= 11 is 0. The van der Waals surface area contributed by atoms with E-state index in [1.165, 1.54) is 0 Å². The molecule has 0 amide bonds. The number of hydrogen-bond acceptors (Lipinski definition) is 2. The summed E-state index contributed by atoms with van der Waals surface area (Å²) < 4.78 is 0. The van der Waals surface area contributed by atoms with Crippen molar-refractivity contribution >= 4 is 11.6 Å². The molecule has 1 saturated carbocycles. The molecule has 3 rings (SSSR count). The summed E-state index contributed by atoms with van der Waals surface area (Å²) in [5, 5.41) is 0. The smallest absolute Gasteiger partial charge is 0.166 e. The molecule has 1 fully saturated rings. The van der Waals surface area contributed by atoms with Gasteiger partial charge in [0.1, 0.15) is 0 Å². The monoisotopic (exact) mass is 306 g/mol. The van der Waals surface area contributed by atoms with E-state index >= 15 is 0 Å². The molecule has 0 unspecified atom stereocenters. The Morgan fingerprint density at radius 1 is 0.783 bits per heavy atom. The van der Waals surface area contributed by atoms with Gasteiger partial charge < -0.3 is 0 Å². The van der Waals surface area contributed by atoms with Gasteiger partial charge in [-0.1, -0.05) is 74.5 Å². The fourth-order valence-corrected chi connectivity index (χ4v) is 3.98. The van der Waals surface area contributed by atoms with E-state index in [-0.39, 0.29) is 35.2 Å². The minimum Gasteiger partial charge on any atom is -0.294 e. The number of hydrogen-bond donors (Lipinski definition) is 0. The Balaban J connectivity index is 1.83. The van der Waals surface area contributed by atoms with Gasteiger partial charge in [0.15, 0.2) is 11.6 Å². The van der Waals surface area contributed by atoms with Crippen LogP contribution in [0.2, 0.25) is 0 Å². The van der Waals surface area contributed by atoms with Gasteiger partial charge in [-0.2, -0.15) is 0 Å². The zero-order valence-corrected chi connectivity index (χ0v) is 13.6. The highest BCUT2D eigenvalue weighted by Crippen LogP contribution is 2.44. The first-order valence-corrected chi connectivity index (χ1v) is 8.28. The van der Waals surface area contributed by atoms with Crippen LogP contribution in [-0.4, -0.2) is 11.6 Å². The van der Waals surface area contributed by atoms with Gasteiger partial charge in [0.05, 0.1) is 0 Å². The fraction of sp³-hybridized carbons (Fsp3) is 0.333. The molecule has 2 nitrogen and oxygen atoms in total.